The van der Waals surface area contributed by atoms with Gasteiger partial charge in [0.25, 0.3) is 5.56 Å². The molecule has 1 aromatic carbocycles. The van der Waals surface area contributed by atoms with E-state index in [1.165, 1.54) is 10.9 Å². The molecule has 0 atom stereocenters. The first-order valence-electron chi connectivity index (χ1n) is 11.1. The van der Waals surface area contributed by atoms with Crippen LogP contribution in [0.1, 0.15) is 29.9 Å². The smallest absolute Gasteiger partial charge is 0.267 e. The number of fused-ring (bicyclic) bond motifs is 2. The number of benzene rings is 1. The minimum absolute atomic E-state index is 0.115. The van der Waals surface area contributed by atoms with Crippen molar-refractivity contribution in [2.24, 2.45) is 5.92 Å². The van der Waals surface area contributed by atoms with Crippen molar-refractivity contribution in [3.63, 3.8) is 0 Å². The topological polar surface area (TPSA) is 117 Å². The van der Waals surface area contributed by atoms with E-state index in [0.717, 1.165) is 18.4 Å². The molecule has 6 rings (SSSR count). The number of para-hydroxylation sites is 1. The predicted octanol–water partition coefficient (Wildman–Crippen LogP) is 3.27. The summed E-state index contributed by atoms with van der Waals surface area (Å²) in [4.78, 5) is 31.4. The normalized spacial score (nSPS) is 13.2. The number of aromatic nitrogens is 7. The van der Waals surface area contributed by atoms with E-state index in [2.05, 4.69) is 31.9 Å². The van der Waals surface area contributed by atoms with Crippen LogP contribution in [0.2, 0.25) is 5.02 Å². The molecule has 1 fully saturated rings. The third-order valence-corrected chi connectivity index (χ3v) is 6.28. The van der Waals surface area contributed by atoms with Crippen LogP contribution in [0.15, 0.2) is 47.7 Å². The lowest BCUT2D eigenvalue weighted by Gasteiger charge is -2.15. The van der Waals surface area contributed by atoms with E-state index in [1.54, 1.807) is 29.1 Å². The fraction of sp³-hybridized carbons (Fsp3) is 0.200. The van der Waals surface area contributed by atoms with Gasteiger partial charge >= 0.3 is 0 Å². The van der Waals surface area contributed by atoms with E-state index in [0.29, 0.717) is 56.0 Å². The van der Waals surface area contributed by atoms with Gasteiger partial charge in [-0.3, -0.25) is 9.36 Å². The van der Waals surface area contributed by atoms with Gasteiger partial charge < -0.3 is 5.73 Å². The third-order valence-electron chi connectivity index (χ3n) is 5.96. The molecule has 1 aliphatic rings. The average Bonchev–Trinajstić information content (AvgIpc) is 3.60. The molecule has 5 aromatic rings. The molecule has 0 saturated heterocycles. The second-order valence-corrected chi connectivity index (χ2v) is 8.86. The van der Waals surface area contributed by atoms with Crippen LogP contribution in [0.25, 0.3) is 27.8 Å². The molecule has 0 unspecified atom stereocenters. The maximum absolute atomic E-state index is 13.7. The standard InChI is InChI=1S/C25H19ClN8O/c1-14-10-11-28-23-20(14)25(35)34(18-5-3-2-4-16(18)26)19(31-23)12-33-24-21(22(27)29-13-30-24)17(32-33)9-8-15-6-7-15/h2-5,10-11,13,15H,6-7,12H2,1H3,(H2,27,29,30). The molecular formula is C25H19ClN8O. The number of nitrogens with zero attached hydrogens (tertiary/aromatic N) is 7. The number of nitrogen functional groups attached to an aromatic ring is 1. The summed E-state index contributed by atoms with van der Waals surface area (Å²) in [6.45, 7) is 1.97. The molecule has 1 aliphatic carbocycles. The van der Waals surface area contributed by atoms with E-state index in [-0.39, 0.29) is 12.1 Å². The molecule has 9 nitrogen and oxygen atoms in total. The number of hydrogen-bond donors (Lipinski definition) is 1. The maximum Gasteiger partial charge on any atom is 0.267 e. The summed E-state index contributed by atoms with van der Waals surface area (Å²) in [5.74, 6) is 7.45. The SMILES string of the molecule is Cc1ccnc2nc(Cn3nc(C#CC4CC4)c4c(N)ncnc43)n(-c3ccccc3Cl)c(=O)c12. The highest BCUT2D eigenvalue weighted by Crippen LogP contribution is 2.28. The molecule has 0 amide bonds. The summed E-state index contributed by atoms with van der Waals surface area (Å²) in [5, 5.41) is 6.12. The Balaban J connectivity index is 1.60. The third kappa shape index (κ3) is 3.68. The Morgan fingerprint density at radius 3 is 2.77 bits per heavy atom. The molecule has 10 heteroatoms. The van der Waals surface area contributed by atoms with Gasteiger partial charge in [-0.2, -0.15) is 5.10 Å². The van der Waals surface area contributed by atoms with Crippen molar-refractivity contribution in [3.05, 3.63) is 75.3 Å². The molecule has 1 saturated carbocycles. The Bertz CT molecular complexity index is 1760. The zero-order chi connectivity index (χ0) is 24.1. The molecule has 4 heterocycles. The van der Waals surface area contributed by atoms with Gasteiger partial charge in [0.2, 0.25) is 0 Å². The Labute approximate surface area is 204 Å². The molecule has 172 valence electrons. The molecule has 0 aliphatic heterocycles. The lowest BCUT2D eigenvalue weighted by Crippen LogP contribution is -2.26. The van der Waals surface area contributed by atoms with Crippen molar-refractivity contribution in [1.29, 1.82) is 0 Å². The molecular weight excluding hydrogens is 464 g/mol. The quantitative estimate of drug-likeness (QED) is 0.392. The van der Waals surface area contributed by atoms with Gasteiger partial charge in [0.15, 0.2) is 11.3 Å². The van der Waals surface area contributed by atoms with Gasteiger partial charge in [-0.25, -0.2) is 24.6 Å². The Hall–Kier alpha value is -4.29. The number of nitrogens with two attached hydrogens (primary N) is 1. The van der Waals surface area contributed by atoms with Crippen LogP contribution in [0.5, 0.6) is 0 Å². The lowest BCUT2D eigenvalue weighted by molar-refractivity contribution is 0.647. The maximum atomic E-state index is 13.7. The van der Waals surface area contributed by atoms with E-state index in [4.69, 9.17) is 22.3 Å². The zero-order valence-electron chi connectivity index (χ0n) is 18.7. The van der Waals surface area contributed by atoms with Crippen LogP contribution < -0.4 is 11.3 Å². The van der Waals surface area contributed by atoms with Gasteiger partial charge in [-0.05, 0) is 49.4 Å². The number of anilines is 1. The lowest BCUT2D eigenvalue weighted by atomic mass is 10.2. The van der Waals surface area contributed by atoms with Crippen LogP contribution in [0.3, 0.4) is 0 Å². The largest absolute Gasteiger partial charge is 0.383 e. The fourth-order valence-corrected chi connectivity index (χ4v) is 4.26. The number of aryl methyl sites for hydroxylation is 1. The fourth-order valence-electron chi connectivity index (χ4n) is 4.04. The Morgan fingerprint density at radius 2 is 1.97 bits per heavy atom. The highest BCUT2D eigenvalue weighted by molar-refractivity contribution is 6.32. The van der Waals surface area contributed by atoms with Gasteiger partial charge in [-0.1, -0.05) is 29.7 Å². The summed E-state index contributed by atoms with van der Waals surface area (Å²) in [6.07, 6.45) is 5.20. The van der Waals surface area contributed by atoms with Gasteiger partial charge in [-0.15, -0.1) is 0 Å². The minimum Gasteiger partial charge on any atom is -0.383 e. The van der Waals surface area contributed by atoms with Gasteiger partial charge in [0, 0.05) is 12.1 Å². The van der Waals surface area contributed by atoms with E-state index >= 15 is 0 Å². The number of pyridine rings is 1. The van der Waals surface area contributed by atoms with Crippen LogP contribution in [0.4, 0.5) is 5.82 Å². The van der Waals surface area contributed by atoms with Crippen molar-refractivity contribution >= 4 is 39.5 Å². The predicted molar refractivity (Wildman–Crippen MR) is 133 cm³/mol. The Kier molecular flexibility index (Phi) is 4.97. The first-order valence-corrected chi connectivity index (χ1v) is 11.5. The second-order valence-electron chi connectivity index (χ2n) is 8.45. The van der Waals surface area contributed by atoms with Gasteiger partial charge in [0.05, 0.1) is 21.5 Å². The molecule has 0 radical (unpaired) electrons. The molecule has 35 heavy (non-hydrogen) atoms. The van der Waals surface area contributed by atoms with E-state index in [9.17, 15) is 4.79 Å². The van der Waals surface area contributed by atoms with Crippen molar-refractivity contribution in [1.82, 2.24) is 34.3 Å². The monoisotopic (exact) mass is 482 g/mol. The molecule has 0 spiro atoms. The number of rotatable bonds is 3. The first kappa shape index (κ1) is 21.3. The summed E-state index contributed by atoms with van der Waals surface area (Å²) in [5.41, 5.74) is 8.58. The Morgan fingerprint density at radius 1 is 1.14 bits per heavy atom. The summed E-state index contributed by atoms with van der Waals surface area (Å²) < 4.78 is 3.15. The van der Waals surface area contributed by atoms with Crippen LogP contribution in [-0.2, 0) is 6.54 Å². The van der Waals surface area contributed by atoms with Crippen LogP contribution >= 0.6 is 11.6 Å². The van der Waals surface area contributed by atoms with Gasteiger partial charge in [0.1, 0.15) is 30.2 Å². The number of hydrogen-bond acceptors (Lipinski definition) is 7. The highest BCUT2D eigenvalue weighted by atomic mass is 35.5. The minimum atomic E-state index is -0.261. The van der Waals surface area contributed by atoms with Crippen LogP contribution in [-0.4, -0.2) is 34.3 Å². The van der Waals surface area contributed by atoms with E-state index < -0.39 is 0 Å². The van der Waals surface area contributed by atoms with Crippen molar-refractivity contribution < 1.29 is 0 Å². The summed E-state index contributed by atoms with van der Waals surface area (Å²) in [7, 11) is 0. The molecule has 4 aromatic heterocycles. The summed E-state index contributed by atoms with van der Waals surface area (Å²) in [6, 6.07) is 8.92. The van der Waals surface area contributed by atoms with Crippen molar-refractivity contribution in [3.8, 4) is 17.5 Å². The van der Waals surface area contributed by atoms with E-state index in [1.807, 2.05) is 19.1 Å². The molecule has 0 bridgehead atoms. The average molecular weight is 483 g/mol. The van der Waals surface area contributed by atoms with Crippen LogP contribution in [0, 0.1) is 24.7 Å². The molecule has 2 N–H and O–H groups in total. The number of halogens is 1. The van der Waals surface area contributed by atoms with Crippen molar-refractivity contribution in [2.75, 3.05) is 5.73 Å². The second kappa shape index (κ2) is 8.18. The first-order chi connectivity index (χ1) is 17.0. The highest BCUT2D eigenvalue weighted by Gasteiger charge is 2.22. The van der Waals surface area contributed by atoms with Crippen molar-refractivity contribution in [2.45, 2.75) is 26.3 Å². The zero-order valence-corrected chi connectivity index (χ0v) is 19.5. The summed E-state index contributed by atoms with van der Waals surface area (Å²) >= 11 is 6.51.